The third kappa shape index (κ3) is 3.19. The summed E-state index contributed by atoms with van der Waals surface area (Å²) in [6.07, 6.45) is 1.85. The molecule has 0 spiro atoms. The Hall–Kier alpha value is -1.58. The molecule has 0 aliphatic heterocycles. The molecular formula is C13H20N2O2. The fourth-order valence-electron chi connectivity index (χ4n) is 1.66. The van der Waals surface area contributed by atoms with Crippen molar-refractivity contribution < 1.29 is 4.92 Å². The molecule has 0 aromatic heterocycles. The predicted octanol–water partition coefficient (Wildman–Crippen LogP) is 3.89. The van der Waals surface area contributed by atoms with E-state index in [4.69, 9.17) is 0 Å². The normalized spacial score (nSPS) is 11.3. The first kappa shape index (κ1) is 13.5. The lowest BCUT2D eigenvalue weighted by atomic mass is 9.95. The summed E-state index contributed by atoms with van der Waals surface area (Å²) in [4.78, 5) is 10.6. The smallest absolute Gasteiger partial charge is 0.292 e. The zero-order chi connectivity index (χ0) is 13.1. The molecule has 1 rings (SSSR count). The monoisotopic (exact) mass is 236 g/mol. The number of benzene rings is 1. The van der Waals surface area contributed by atoms with E-state index < -0.39 is 0 Å². The molecule has 0 amide bonds. The maximum absolute atomic E-state index is 11.0. The van der Waals surface area contributed by atoms with Crippen molar-refractivity contribution in [2.75, 3.05) is 5.32 Å². The Kier molecular flexibility index (Phi) is 4.10. The minimum absolute atomic E-state index is 0.0987. The Morgan fingerprint density at radius 3 is 2.41 bits per heavy atom. The van der Waals surface area contributed by atoms with Crippen LogP contribution >= 0.6 is 0 Å². The van der Waals surface area contributed by atoms with Gasteiger partial charge < -0.3 is 5.32 Å². The Balaban J connectivity index is 3.12. The number of rotatable bonds is 5. The van der Waals surface area contributed by atoms with Crippen LogP contribution in [-0.4, -0.2) is 10.5 Å². The highest BCUT2D eigenvalue weighted by molar-refractivity contribution is 5.63. The molecule has 0 bridgehead atoms. The van der Waals surface area contributed by atoms with E-state index in [-0.39, 0.29) is 16.1 Å². The molecular weight excluding hydrogens is 216 g/mol. The molecule has 1 aromatic rings. The predicted molar refractivity (Wildman–Crippen MR) is 70.4 cm³/mol. The fraction of sp³-hybridized carbons (Fsp3) is 0.538. The molecule has 0 saturated carbocycles. The lowest BCUT2D eigenvalue weighted by molar-refractivity contribution is -0.384. The van der Waals surface area contributed by atoms with Crippen LogP contribution in [0.15, 0.2) is 18.2 Å². The maximum Gasteiger partial charge on any atom is 0.292 e. The van der Waals surface area contributed by atoms with Crippen molar-refractivity contribution in [3.05, 3.63) is 33.9 Å². The molecule has 4 nitrogen and oxygen atoms in total. The molecule has 0 aliphatic rings. The molecule has 0 aliphatic carbocycles. The topological polar surface area (TPSA) is 55.2 Å². The summed E-state index contributed by atoms with van der Waals surface area (Å²) in [6, 6.07) is 5.16. The van der Waals surface area contributed by atoms with Crippen LogP contribution in [0.5, 0.6) is 0 Å². The summed E-state index contributed by atoms with van der Waals surface area (Å²) in [7, 11) is 0. The molecule has 1 N–H and O–H groups in total. The molecule has 0 fully saturated rings. The summed E-state index contributed by atoms with van der Waals surface area (Å²) < 4.78 is 0. The van der Waals surface area contributed by atoms with E-state index in [9.17, 15) is 10.1 Å². The van der Waals surface area contributed by atoms with Gasteiger partial charge in [-0.1, -0.05) is 19.9 Å². The van der Waals surface area contributed by atoms with Gasteiger partial charge in [0.25, 0.3) is 5.69 Å². The van der Waals surface area contributed by atoms with Crippen molar-refractivity contribution >= 4 is 11.4 Å². The summed E-state index contributed by atoms with van der Waals surface area (Å²) in [5.74, 6) is 0. The molecule has 1 aromatic carbocycles. The first-order chi connectivity index (χ1) is 7.91. The molecule has 0 unspecified atom stereocenters. The Morgan fingerprint density at radius 2 is 1.94 bits per heavy atom. The van der Waals surface area contributed by atoms with E-state index in [1.54, 1.807) is 12.1 Å². The van der Waals surface area contributed by atoms with Gasteiger partial charge in [-0.15, -0.1) is 0 Å². The molecule has 0 saturated heterocycles. The fourth-order valence-corrected chi connectivity index (χ4v) is 1.66. The number of nitrogens with zero attached hydrogens (tertiary/aromatic N) is 1. The number of hydrogen-bond acceptors (Lipinski definition) is 3. The van der Waals surface area contributed by atoms with Crippen LogP contribution in [0.4, 0.5) is 11.4 Å². The van der Waals surface area contributed by atoms with Gasteiger partial charge >= 0.3 is 0 Å². The molecule has 0 heterocycles. The molecule has 0 atom stereocenters. The molecule has 4 heteroatoms. The first-order valence-electron chi connectivity index (χ1n) is 5.95. The van der Waals surface area contributed by atoms with Gasteiger partial charge in [-0.2, -0.15) is 0 Å². The standard InChI is InChI=1S/C13H20N2O2/c1-5-13(4,6-2)14-11-9-10(3)7-8-12(11)15(16)17/h7-9,14H,5-6H2,1-4H3. The summed E-state index contributed by atoms with van der Waals surface area (Å²) in [5, 5.41) is 14.3. The van der Waals surface area contributed by atoms with Crippen molar-refractivity contribution in [2.24, 2.45) is 0 Å². The minimum atomic E-state index is -0.340. The van der Waals surface area contributed by atoms with Crippen LogP contribution in [0.25, 0.3) is 0 Å². The molecule has 17 heavy (non-hydrogen) atoms. The van der Waals surface area contributed by atoms with E-state index in [1.807, 2.05) is 13.0 Å². The van der Waals surface area contributed by atoms with Crippen LogP contribution in [0.2, 0.25) is 0 Å². The van der Waals surface area contributed by atoms with E-state index >= 15 is 0 Å². The van der Waals surface area contributed by atoms with Crippen molar-refractivity contribution in [1.82, 2.24) is 0 Å². The van der Waals surface area contributed by atoms with Crippen molar-refractivity contribution in [2.45, 2.75) is 46.1 Å². The van der Waals surface area contributed by atoms with Crippen LogP contribution in [0, 0.1) is 17.0 Å². The van der Waals surface area contributed by atoms with Crippen LogP contribution in [-0.2, 0) is 0 Å². The SMILES string of the molecule is CCC(C)(CC)Nc1cc(C)ccc1[N+](=O)[O-]. The summed E-state index contributed by atoms with van der Waals surface area (Å²) in [6.45, 7) is 8.18. The first-order valence-corrected chi connectivity index (χ1v) is 5.95. The number of hydrogen-bond donors (Lipinski definition) is 1. The third-order valence-electron chi connectivity index (χ3n) is 3.35. The maximum atomic E-state index is 11.0. The lowest BCUT2D eigenvalue weighted by Crippen LogP contribution is -2.33. The highest BCUT2D eigenvalue weighted by Crippen LogP contribution is 2.30. The molecule has 0 radical (unpaired) electrons. The Morgan fingerprint density at radius 1 is 1.35 bits per heavy atom. The largest absolute Gasteiger partial charge is 0.374 e. The molecule has 94 valence electrons. The van der Waals surface area contributed by atoms with Gasteiger partial charge in [-0.05, 0) is 38.3 Å². The quantitative estimate of drug-likeness (QED) is 0.623. The number of nitro groups is 1. The Bertz CT molecular complexity index is 412. The van der Waals surface area contributed by atoms with Gasteiger partial charge in [-0.25, -0.2) is 0 Å². The van der Waals surface area contributed by atoms with Crippen LogP contribution in [0.3, 0.4) is 0 Å². The van der Waals surface area contributed by atoms with Gasteiger partial charge in [0.2, 0.25) is 0 Å². The number of nitro benzene ring substituents is 1. The third-order valence-corrected chi connectivity index (χ3v) is 3.35. The van der Waals surface area contributed by atoms with E-state index in [0.29, 0.717) is 5.69 Å². The number of nitrogens with one attached hydrogen (secondary N) is 1. The van der Waals surface area contributed by atoms with E-state index in [1.165, 1.54) is 0 Å². The van der Waals surface area contributed by atoms with Crippen molar-refractivity contribution in [1.29, 1.82) is 0 Å². The highest BCUT2D eigenvalue weighted by Gasteiger charge is 2.23. The number of anilines is 1. The van der Waals surface area contributed by atoms with E-state index in [0.717, 1.165) is 18.4 Å². The van der Waals surface area contributed by atoms with Crippen LogP contribution < -0.4 is 5.32 Å². The van der Waals surface area contributed by atoms with Gasteiger partial charge in [0.15, 0.2) is 0 Å². The van der Waals surface area contributed by atoms with Gasteiger partial charge in [0.05, 0.1) is 4.92 Å². The van der Waals surface area contributed by atoms with Gasteiger partial charge in [-0.3, -0.25) is 10.1 Å². The Labute approximate surface area is 102 Å². The van der Waals surface area contributed by atoms with Crippen molar-refractivity contribution in [3.8, 4) is 0 Å². The van der Waals surface area contributed by atoms with E-state index in [2.05, 4.69) is 26.1 Å². The van der Waals surface area contributed by atoms with Crippen molar-refractivity contribution in [3.63, 3.8) is 0 Å². The summed E-state index contributed by atoms with van der Waals surface area (Å²) >= 11 is 0. The summed E-state index contributed by atoms with van der Waals surface area (Å²) in [5.41, 5.74) is 1.68. The minimum Gasteiger partial charge on any atom is -0.374 e. The van der Waals surface area contributed by atoms with Gasteiger partial charge in [0.1, 0.15) is 5.69 Å². The lowest BCUT2D eigenvalue weighted by Gasteiger charge is -2.29. The van der Waals surface area contributed by atoms with Crippen LogP contribution in [0.1, 0.15) is 39.2 Å². The second kappa shape index (κ2) is 5.17. The zero-order valence-electron chi connectivity index (χ0n) is 10.9. The highest BCUT2D eigenvalue weighted by atomic mass is 16.6. The number of aryl methyl sites for hydroxylation is 1. The van der Waals surface area contributed by atoms with Gasteiger partial charge in [0, 0.05) is 11.6 Å². The average Bonchev–Trinajstić information content (AvgIpc) is 2.28. The second-order valence-electron chi connectivity index (χ2n) is 4.67. The second-order valence-corrected chi connectivity index (χ2v) is 4.67. The average molecular weight is 236 g/mol. The zero-order valence-corrected chi connectivity index (χ0v) is 10.9.